The van der Waals surface area contributed by atoms with E-state index >= 15 is 0 Å². The number of amides is 1. The van der Waals surface area contributed by atoms with E-state index < -0.39 is 17.6 Å². The molecule has 0 aliphatic heterocycles. The number of aliphatic carboxylic acids is 1. The van der Waals surface area contributed by atoms with Gasteiger partial charge in [-0.3, -0.25) is 9.59 Å². The summed E-state index contributed by atoms with van der Waals surface area (Å²) in [6.45, 7) is 3.14. The van der Waals surface area contributed by atoms with Crippen molar-refractivity contribution in [1.82, 2.24) is 4.90 Å². The quantitative estimate of drug-likeness (QED) is 0.908. The number of hydrogen-bond donors (Lipinski definition) is 1. The number of carbonyl (C=O) groups excluding carboxylic acids is 1. The number of carbonyl (C=O) groups is 2. The van der Waals surface area contributed by atoms with Crippen LogP contribution in [-0.4, -0.2) is 34.5 Å². The van der Waals surface area contributed by atoms with Gasteiger partial charge < -0.3 is 10.0 Å². The summed E-state index contributed by atoms with van der Waals surface area (Å²) in [7, 11) is 0. The standard InChI is InChI=1S/C15H17F2NO3/c1-8(2)18(7-14(19)20)15(21)11-6-10(11)9-3-4-12(16)13(17)5-9/h3-5,8,10-11H,6-7H2,1-2H3,(H,19,20). The molecule has 1 amide bonds. The molecule has 21 heavy (non-hydrogen) atoms. The lowest BCUT2D eigenvalue weighted by atomic mass is 10.1. The first kappa shape index (κ1) is 15.4. The summed E-state index contributed by atoms with van der Waals surface area (Å²) >= 11 is 0. The number of hydrogen-bond acceptors (Lipinski definition) is 2. The lowest BCUT2D eigenvalue weighted by molar-refractivity contribution is -0.146. The van der Waals surface area contributed by atoms with Gasteiger partial charge in [-0.2, -0.15) is 0 Å². The molecule has 2 atom stereocenters. The Morgan fingerprint density at radius 2 is 2.00 bits per heavy atom. The number of carboxylic acids is 1. The van der Waals surface area contributed by atoms with Crippen molar-refractivity contribution in [2.45, 2.75) is 32.2 Å². The maximum Gasteiger partial charge on any atom is 0.323 e. The zero-order valence-corrected chi connectivity index (χ0v) is 11.8. The molecule has 6 heteroatoms. The molecular formula is C15H17F2NO3. The highest BCUT2D eigenvalue weighted by Gasteiger charge is 2.46. The van der Waals surface area contributed by atoms with Crippen LogP contribution >= 0.6 is 0 Å². The normalized spacial score (nSPS) is 20.4. The number of carboxylic acid groups (broad SMARTS) is 1. The molecule has 0 spiro atoms. The van der Waals surface area contributed by atoms with E-state index in [2.05, 4.69) is 0 Å². The summed E-state index contributed by atoms with van der Waals surface area (Å²) in [4.78, 5) is 24.4. The Kier molecular flexibility index (Phi) is 4.25. The average molecular weight is 297 g/mol. The van der Waals surface area contributed by atoms with E-state index in [-0.39, 0.29) is 30.3 Å². The Morgan fingerprint density at radius 3 is 2.52 bits per heavy atom. The van der Waals surface area contributed by atoms with Gasteiger partial charge in [-0.1, -0.05) is 6.07 Å². The molecule has 1 saturated carbocycles. The van der Waals surface area contributed by atoms with Gasteiger partial charge in [0, 0.05) is 12.0 Å². The highest BCUT2D eigenvalue weighted by atomic mass is 19.2. The second kappa shape index (κ2) is 5.79. The van der Waals surface area contributed by atoms with Gasteiger partial charge in [0.25, 0.3) is 0 Å². The van der Waals surface area contributed by atoms with E-state index in [9.17, 15) is 18.4 Å². The minimum absolute atomic E-state index is 0.164. The van der Waals surface area contributed by atoms with Crippen LogP contribution < -0.4 is 0 Å². The Balaban J connectivity index is 2.08. The smallest absolute Gasteiger partial charge is 0.323 e. The van der Waals surface area contributed by atoms with Crippen molar-refractivity contribution >= 4 is 11.9 Å². The van der Waals surface area contributed by atoms with Crippen LogP contribution in [0.2, 0.25) is 0 Å². The van der Waals surface area contributed by atoms with Crippen LogP contribution in [0.25, 0.3) is 0 Å². The van der Waals surface area contributed by atoms with E-state index in [1.165, 1.54) is 11.0 Å². The Bertz CT molecular complexity index is 574. The van der Waals surface area contributed by atoms with Crippen LogP contribution in [0.4, 0.5) is 8.78 Å². The molecule has 0 radical (unpaired) electrons. The van der Waals surface area contributed by atoms with E-state index in [1.54, 1.807) is 13.8 Å². The van der Waals surface area contributed by atoms with Gasteiger partial charge in [0.2, 0.25) is 5.91 Å². The number of benzene rings is 1. The first-order valence-corrected chi connectivity index (χ1v) is 6.78. The largest absolute Gasteiger partial charge is 0.480 e. The van der Waals surface area contributed by atoms with Crippen LogP contribution in [0.1, 0.15) is 31.7 Å². The molecule has 1 fully saturated rings. The van der Waals surface area contributed by atoms with E-state index in [4.69, 9.17) is 5.11 Å². The maximum atomic E-state index is 13.2. The molecule has 1 aromatic carbocycles. The highest BCUT2D eigenvalue weighted by molar-refractivity contribution is 5.86. The average Bonchev–Trinajstić information content (AvgIpc) is 3.18. The van der Waals surface area contributed by atoms with E-state index in [0.717, 1.165) is 12.1 Å². The zero-order chi connectivity index (χ0) is 15.7. The summed E-state index contributed by atoms with van der Waals surface area (Å²) in [5.41, 5.74) is 0.575. The summed E-state index contributed by atoms with van der Waals surface area (Å²) in [6.07, 6.45) is 0.534. The van der Waals surface area contributed by atoms with Gasteiger partial charge in [-0.25, -0.2) is 8.78 Å². The van der Waals surface area contributed by atoms with Crippen LogP contribution in [-0.2, 0) is 9.59 Å². The lowest BCUT2D eigenvalue weighted by Crippen LogP contribution is -2.41. The van der Waals surface area contributed by atoms with Crippen LogP contribution in [0.5, 0.6) is 0 Å². The first-order chi connectivity index (χ1) is 9.81. The van der Waals surface area contributed by atoms with Crippen LogP contribution in [0.3, 0.4) is 0 Å². The van der Waals surface area contributed by atoms with E-state index in [0.29, 0.717) is 12.0 Å². The van der Waals surface area contributed by atoms with Crippen molar-refractivity contribution in [3.05, 3.63) is 35.4 Å². The number of halogens is 2. The number of nitrogens with zero attached hydrogens (tertiary/aromatic N) is 1. The van der Waals surface area contributed by atoms with Crippen LogP contribution in [0.15, 0.2) is 18.2 Å². The monoisotopic (exact) mass is 297 g/mol. The second-order valence-electron chi connectivity index (χ2n) is 5.58. The van der Waals surface area contributed by atoms with Crippen molar-refractivity contribution in [3.8, 4) is 0 Å². The molecule has 1 N–H and O–H groups in total. The minimum atomic E-state index is -1.07. The SMILES string of the molecule is CC(C)N(CC(=O)O)C(=O)C1CC1c1ccc(F)c(F)c1. The third kappa shape index (κ3) is 3.37. The third-order valence-corrected chi connectivity index (χ3v) is 3.69. The fourth-order valence-corrected chi connectivity index (χ4v) is 2.45. The summed E-state index contributed by atoms with van der Waals surface area (Å²) in [5, 5.41) is 8.85. The molecule has 0 aromatic heterocycles. The van der Waals surface area contributed by atoms with Crippen molar-refractivity contribution in [3.63, 3.8) is 0 Å². The van der Waals surface area contributed by atoms with Crippen molar-refractivity contribution in [2.75, 3.05) is 6.54 Å². The number of rotatable bonds is 5. The summed E-state index contributed by atoms with van der Waals surface area (Å²) < 4.78 is 26.1. The molecule has 0 bridgehead atoms. The van der Waals surface area contributed by atoms with Gasteiger partial charge in [0.05, 0.1) is 0 Å². The third-order valence-electron chi connectivity index (χ3n) is 3.69. The molecule has 4 nitrogen and oxygen atoms in total. The molecule has 2 rings (SSSR count). The minimum Gasteiger partial charge on any atom is -0.480 e. The zero-order valence-electron chi connectivity index (χ0n) is 11.8. The van der Waals surface area contributed by atoms with Gasteiger partial charge >= 0.3 is 5.97 Å². The summed E-state index contributed by atoms with van der Waals surface area (Å²) in [6, 6.07) is 3.39. The topological polar surface area (TPSA) is 57.6 Å². The molecule has 1 aromatic rings. The fraction of sp³-hybridized carbons (Fsp3) is 0.467. The highest BCUT2D eigenvalue weighted by Crippen LogP contribution is 2.48. The van der Waals surface area contributed by atoms with Crippen molar-refractivity contribution in [2.24, 2.45) is 5.92 Å². The van der Waals surface area contributed by atoms with Gasteiger partial charge in [-0.15, -0.1) is 0 Å². The van der Waals surface area contributed by atoms with Gasteiger partial charge in [-0.05, 0) is 43.9 Å². The Morgan fingerprint density at radius 1 is 1.33 bits per heavy atom. The predicted molar refractivity (Wildman–Crippen MR) is 71.7 cm³/mol. The predicted octanol–water partition coefficient (Wildman–Crippen LogP) is 2.39. The fourth-order valence-electron chi connectivity index (χ4n) is 2.45. The summed E-state index contributed by atoms with van der Waals surface area (Å²) in [5.74, 6) is -3.68. The van der Waals surface area contributed by atoms with Crippen molar-refractivity contribution < 1.29 is 23.5 Å². The molecule has 2 unspecified atom stereocenters. The second-order valence-corrected chi connectivity index (χ2v) is 5.58. The Hall–Kier alpha value is -1.98. The van der Waals surface area contributed by atoms with Gasteiger partial charge in [0.15, 0.2) is 11.6 Å². The lowest BCUT2D eigenvalue weighted by Gasteiger charge is -2.25. The molecule has 0 heterocycles. The molecule has 0 saturated heterocycles. The van der Waals surface area contributed by atoms with Gasteiger partial charge in [0.1, 0.15) is 6.54 Å². The first-order valence-electron chi connectivity index (χ1n) is 6.78. The Labute approximate surface area is 121 Å². The molecule has 1 aliphatic carbocycles. The molecule has 1 aliphatic rings. The van der Waals surface area contributed by atoms with E-state index in [1.807, 2.05) is 0 Å². The van der Waals surface area contributed by atoms with Crippen molar-refractivity contribution in [1.29, 1.82) is 0 Å². The maximum absolute atomic E-state index is 13.2. The molecule has 114 valence electrons. The molecular weight excluding hydrogens is 280 g/mol. The van der Waals surface area contributed by atoms with Crippen LogP contribution in [0, 0.1) is 17.6 Å².